The molecule has 0 unspecified atom stereocenters. The molecular formula is C12H9ClN2O4. The van der Waals surface area contributed by atoms with Gasteiger partial charge in [-0.15, -0.1) is 0 Å². The monoisotopic (exact) mass is 280 g/mol. The SMILES string of the molecule is CCOC(=O)C=C(C#N)c1cc([N+](=O)[O-])ccc1Cl. The minimum Gasteiger partial charge on any atom is -0.463 e. The van der Waals surface area contributed by atoms with Crippen molar-refractivity contribution in [3.05, 3.63) is 45.0 Å². The second kappa shape index (κ2) is 6.52. The summed E-state index contributed by atoms with van der Waals surface area (Å²) in [4.78, 5) is 21.3. The molecule has 0 N–H and O–H groups in total. The summed E-state index contributed by atoms with van der Waals surface area (Å²) in [5.41, 5.74) is -0.192. The first-order valence-corrected chi connectivity index (χ1v) is 5.60. The van der Waals surface area contributed by atoms with Crippen LogP contribution in [-0.2, 0) is 9.53 Å². The van der Waals surface area contributed by atoms with Crippen LogP contribution in [0.15, 0.2) is 24.3 Å². The Kier molecular flexibility index (Phi) is 5.03. The maximum Gasteiger partial charge on any atom is 0.332 e. The second-order valence-electron chi connectivity index (χ2n) is 3.34. The molecule has 0 spiro atoms. The number of nitro groups is 1. The first-order chi connectivity index (χ1) is 8.99. The molecule has 1 rings (SSSR count). The summed E-state index contributed by atoms with van der Waals surface area (Å²) in [5, 5.41) is 19.8. The predicted octanol–water partition coefficient (Wildman–Crippen LogP) is 2.72. The van der Waals surface area contributed by atoms with Crippen molar-refractivity contribution >= 4 is 28.8 Å². The number of nitrogens with zero attached hydrogens (tertiary/aromatic N) is 2. The molecule has 1 aromatic rings. The quantitative estimate of drug-likeness (QED) is 0.278. The molecule has 0 saturated carbocycles. The Bertz CT molecular complexity index is 590. The summed E-state index contributed by atoms with van der Waals surface area (Å²) in [6.07, 6.45) is 0.953. The standard InChI is InChI=1S/C12H9ClN2O4/c1-2-19-12(16)5-8(7-14)10-6-9(15(17)18)3-4-11(10)13/h3-6H,2H2,1H3. The van der Waals surface area contributed by atoms with E-state index < -0.39 is 10.9 Å². The third-order valence-electron chi connectivity index (χ3n) is 2.12. The summed E-state index contributed by atoms with van der Waals surface area (Å²) in [6.45, 7) is 1.79. The molecule has 6 nitrogen and oxygen atoms in total. The topological polar surface area (TPSA) is 93.2 Å². The van der Waals surface area contributed by atoms with E-state index in [1.807, 2.05) is 0 Å². The molecule has 0 fully saturated rings. The molecule has 0 aliphatic heterocycles. The van der Waals surface area contributed by atoms with E-state index in [1.54, 1.807) is 13.0 Å². The molecule has 7 heteroatoms. The maximum atomic E-state index is 11.3. The van der Waals surface area contributed by atoms with Crippen LogP contribution in [0.25, 0.3) is 5.57 Å². The van der Waals surface area contributed by atoms with Crippen molar-refractivity contribution in [1.29, 1.82) is 5.26 Å². The first kappa shape index (κ1) is 14.7. The van der Waals surface area contributed by atoms with Crippen molar-refractivity contribution in [3.63, 3.8) is 0 Å². The van der Waals surface area contributed by atoms with Gasteiger partial charge in [0.2, 0.25) is 0 Å². The smallest absolute Gasteiger partial charge is 0.332 e. The minimum atomic E-state index is -0.707. The third kappa shape index (κ3) is 3.79. The Hall–Kier alpha value is -2.39. The van der Waals surface area contributed by atoms with Gasteiger partial charge < -0.3 is 4.74 Å². The van der Waals surface area contributed by atoms with Gasteiger partial charge in [0.25, 0.3) is 5.69 Å². The predicted molar refractivity (Wildman–Crippen MR) is 68.3 cm³/mol. The first-order valence-electron chi connectivity index (χ1n) is 5.22. The molecule has 0 bridgehead atoms. The summed E-state index contributed by atoms with van der Waals surface area (Å²) in [6, 6.07) is 5.41. The Morgan fingerprint density at radius 2 is 2.32 bits per heavy atom. The Morgan fingerprint density at radius 3 is 2.84 bits per heavy atom. The van der Waals surface area contributed by atoms with Gasteiger partial charge in [-0.25, -0.2) is 4.79 Å². The molecule has 0 saturated heterocycles. The number of non-ortho nitro benzene ring substituents is 1. The molecule has 0 heterocycles. The molecular weight excluding hydrogens is 272 g/mol. The largest absolute Gasteiger partial charge is 0.463 e. The van der Waals surface area contributed by atoms with Gasteiger partial charge in [-0.1, -0.05) is 11.6 Å². The molecule has 0 amide bonds. The lowest BCUT2D eigenvalue weighted by Crippen LogP contribution is -2.01. The average Bonchev–Trinajstić information content (AvgIpc) is 2.37. The fourth-order valence-corrected chi connectivity index (χ4v) is 1.52. The van der Waals surface area contributed by atoms with E-state index in [-0.39, 0.29) is 28.5 Å². The van der Waals surface area contributed by atoms with Crippen LogP contribution in [0.1, 0.15) is 12.5 Å². The van der Waals surface area contributed by atoms with E-state index in [4.69, 9.17) is 16.9 Å². The van der Waals surface area contributed by atoms with Gasteiger partial charge in [-0.3, -0.25) is 10.1 Å². The summed E-state index contributed by atoms with van der Waals surface area (Å²) >= 11 is 5.87. The molecule has 1 aromatic carbocycles. The fourth-order valence-electron chi connectivity index (χ4n) is 1.31. The van der Waals surface area contributed by atoms with E-state index in [2.05, 4.69) is 4.74 Å². The van der Waals surface area contributed by atoms with Crippen LogP contribution < -0.4 is 0 Å². The third-order valence-corrected chi connectivity index (χ3v) is 2.45. The number of hydrogen-bond acceptors (Lipinski definition) is 5. The average molecular weight is 281 g/mol. The maximum absolute atomic E-state index is 11.3. The van der Waals surface area contributed by atoms with Crippen LogP contribution >= 0.6 is 11.6 Å². The molecule has 0 aromatic heterocycles. The summed E-state index contributed by atoms with van der Waals surface area (Å²) < 4.78 is 4.67. The van der Waals surface area contributed by atoms with Crippen LogP contribution in [0, 0.1) is 21.4 Å². The number of carbonyl (C=O) groups excluding carboxylic acids is 1. The molecule has 0 aliphatic carbocycles. The van der Waals surface area contributed by atoms with Crippen LogP contribution in [0.5, 0.6) is 0 Å². The van der Waals surface area contributed by atoms with Crippen molar-refractivity contribution in [2.24, 2.45) is 0 Å². The Balaban J connectivity index is 3.26. The number of benzene rings is 1. The highest BCUT2D eigenvalue weighted by Crippen LogP contribution is 2.27. The van der Waals surface area contributed by atoms with Crippen molar-refractivity contribution < 1.29 is 14.5 Å². The van der Waals surface area contributed by atoms with Crippen molar-refractivity contribution in [2.75, 3.05) is 6.61 Å². The summed E-state index contributed by atoms with van der Waals surface area (Å²) in [7, 11) is 0. The molecule has 0 atom stereocenters. The van der Waals surface area contributed by atoms with E-state index in [0.29, 0.717) is 0 Å². The van der Waals surface area contributed by atoms with Crippen molar-refractivity contribution in [2.45, 2.75) is 6.92 Å². The van der Waals surface area contributed by atoms with Gasteiger partial charge in [0.1, 0.15) is 6.07 Å². The highest BCUT2D eigenvalue weighted by molar-refractivity contribution is 6.32. The summed E-state index contributed by atoms with van der Waals surface area (Å²) in [5.74, 6) is -0.707. The van der Waals surface area contributed by atoms with Crippen LogP contribution in [0.3, 0.4) is 0 Å². The number of carbonyl (C=O) groups is 1. The molecule has 98 valence electrons. The van der Waals surface area contributed by atoms with Gasteiger partial charge in [-0.05, 0) is 13.0 Å². The highest BCUT2D eigenvalue weighted by Gasteiger charge is 2.14. The van der Waals surface area contributed by atoms with Crippen LogP contribution in [0.4, 0.5) is 5.69 Å². The zero-order chi connectivity index (χ0) is 14.4. The fraction of sp³-hybridized carbons (Fsp3) is 0.167. The molecule has 0 radical (unpaired) electrons. The lowest BCUT2D eigenvalue weighted by Gasteiger charge is -2.03. The second-order valence-corrected chi connectivity index (χ2v) is 3.75. The number of halogens is 1. The zero-order valence-electron chi connectivity index (χ0n) is 9.92. The Labute approximate surface area is 114 Å². The number of ether oxygens (including phenoxy) is 1. The highest BCUT2D eigenvalue weighted by atomic mass is 35.5. The van der Waals surface area contributed by atoms with Gasteiger partial charge in [0.05, 0.1) is 17.1 Å². The van der Waals surface area contributed by atoms with E-state index >= 15 is 0 Å². The van der Waals surface area contributed by atoms with E-state index in [9.17, 15) is 14.9 Å². The lowest BCUT2D eigenvalue weighted by molar-refractivity contribution is -0.384. The van der Waals surface area contributed by atoms with Crippen LogP contribution in [0.2, 0.25) is 5.02 Å². The van der Waals surface area contributed by atoms with Gasteiger partial charge in [-0.2, -0.15) is 5.26 Å². The van der Waals surface area contributed by atoms with Gasteiger partial charge >= 0.3 is 5.97 Å². The van der Waals surface area contributed by atoms with Crippen LogP contribution in [-0.4, -0.2) is 17.5 Å². The minimum absolute atomic E-state index is 0.0906. The molecule has 19 heavy (non-hydrogen) atoms. The normalized spacial score (nSPS) is 10.7. The van der Waals surface area contributed by atoms with E-state index in [1.165, 1.54) is 12.1 Å². The Morgan fingerprint density at radius 1 is 1.63 bits per heavy atom. The number of hydrogen-bond donors (Lipinski definition) is 0. The number of esters is 1. The van der Waals surface area contributed by atoms with Gasteiger partial charge in [0, 0.05) is 28.8 Å². The van der Waals surface area contributed by atoms with Crippen molar-refractivity contribution in [1.82, 2.24) is 0 Å². The van der Waals surface area contributed by atoms with Crippen molar-refractivity contribution in [3.8, 4) is 6.07 Å². The van der Waals surface area contributed by atoms with Gasteiger partial charge in [0.15, 0.2) is 0 Å². The number of rotatable bonds is 4. The number of allylic oxidation sites excluding steroid dienone is 1. The number of nitriles is 1. The molecule has 0 aliphatic rings. The van der Waals surface area contributed by atoms with E-state index in [0.717, 1.165) is 12.1 Å². The lowest BCUT2D eigenvalue weighted by atomic mass is 10.1. The zero-order valence-corrected chi connectivity index (χ0v) is 10.7. The number of nitro benzene ring substituents is 1.